The molecule has 1 unspecified atom stereocenters. The van der Waals surface area contributed by atoms with E-state index in [9.17, 15) is 14.0 Å². The number of rotatable bonds is 5. The fourth-order valence-electron chi connectivity index (χ4n) is 1.84. The molecule has 23 heavy (non-hydrogen) atoms. The number of carboxylic acid groups (broad SMARTS) is 1. The number of benzene rings is 1. The molecule has 0 aliphatic heterocycles. The molecule has 0 radical (unpaired) electrons. The van der Waals surface area contributed by atoms with Crippen LogP contribution in [0.25, 0.3) is 11.3 Å². The number of carbonyl (C=O) groups excluding carboxylic acids is 1. The summed E-state index contributed by atoms with van der Waals surface area (Å²) in [5.74, 6) is -2.69. The van der Waals surface area contributed by atoms with E-state index in [1.165, 1.54) is 31.2 Å². The fraction of sp³-hybridized carbons (Fsp3) is 0.200. The summed E-state index contributed by atoms with van der Waals surface area (Å²) in [4.78, 5) is 27.0. The number of hydrogen-bond donors (Lipinski definition) is 2. The molecule has 1 aromatic carbocycles. The third-order valence-electron chi connectivity index (χ3n) is 3.00. The zero-order valence-electron chi connectivity index (χ0n) is 12.0. The smallest absolute Gasteiger partial charge is 0.304 e. The van der Waals surface area contributed by atoms with Crippen LogP contribution < -0.4 is 5.32 Å². The molecule has 2 rings (SSSR count). The summed E-state index contributed by atoms with van der Waals surface area (Å²) in [5, 5.41) is 20.6. The Bertz CT molecular complexity index is 780. The third-order valence-corrected chi connectivity index (χ3v) is 3.88. The van der Waals surface area contributed by atoms with E-state index in [-0.39, 0.29) is 16.4 Å². The van der Waals surface area contributed by atoms with Crippen LogP contribution >= 0.6 is 11.3 Å². The summed E-state index contributed by atoms with van der Waals surface area (Å²) in [7, 11) is 0. The maximum atomic E-state index is 13.0. The number of anilines is 1. The van der Waals surface area contributed by atoms with Crippen LogP contribution in [0, 0.1) is 23.1 Å². The van der Waals surface area contributed by atoms with Crippen molar-refractivity contribution in [3.63, 3.8) is 0 Å². The summed E-state index contributed by atoms with van der Waals surface area (Å²) in [6.07, 6.45) is -0.298. The summed E-state index contributed by atoms with van der Waals surface area (Å²) in [6.45, 7) is 1.49. The van der Waals surface area contributed by atoms with Gasteiger partial charge in [-0.05, 0) is 24.3 Å². The molecule has 2 N–H and O–H groups in total. The zero-order valence-corrected chi connectivity index (χ0v) is 12.9. The Morgan fingerprint density at radius 1 is 1.43 bits per heavy atom. The largest absolute Gasteiger partial charge is 0.481 e. The molecule has 0 saturated carbocycles. The first kappa shape index (κ1) is 16.6. The van der Waals surface area contributed by atoms with Crippen molar-refractivity contribution in [1.82, 2.24) is 4.98 Å². The number of amides is 1. The number of carboxylic acids is 1. The van der Waals surface area contributed by atoms with Crippen LogP contribution in [0.3, 0.4) is 0 Å². The highest BCUT2D eigenvalue weighted by Crippen LogP contribution is 2.30. The second-order valence-corrected chi connectivity index (χ2v) is 5.80. The minimum Gasteiger partial charge on any atom is -0.481 e. The van der Waals surface area contributed by atoms with Crippen molar-refractivity contribution in [3.05, 3.63) is 35.0 Å². The van der Waals surface area contributed by atoms with Gasteiger partial charge in [0.2, 0.25) is 5.91 Å². The van der Waals surface area contributed by atoms with E-state index in [1.54, 1.807) is 0 Å². The summed E-state index contributed by atoms with van der Waals surface area (Å²) in [5.41, 5.74) is 0.900. The maximum absolute atomic E-state index is 13.0. The zero-order chi connectivity index (χ0) is 17.0. The van der Waals surface area contributed by atoms with Crippen molar-refractivity contribution in [2.75, 3.05) is 5.32 Å². The van der Waals surface area contributed by atoms with Gasteiger partial charge in [0.1, 0.15) is 22.5 Å². The van der Waals surface area contributed by atoms with E-state index in [4.69, 9.17) is 10.4 Å². The Hall–Kier alpha value is -2.79. The molecule has 0 fully saturated rings. The molecular formula is C15H12FN3O3S. The molecule has 6 nitrogen and oxygen atoms in total. The number of thiazole rings is 1. The lowest BCUT2D eigenvalue weighted by Gasteiger charge is -2.07. The summed E-state index contributed by atoms with van der Waals surface area (Å²) < 4.78 is 13.0. The fourth-order valence-corrected chi connectivity index (χ4v) is 2.62. The number of halogens is 1. The van der Waals surface area contributed by atoms with Crippen LogP contribution in [-0.4, -0.2) is 22.0 Å². The minimum absolute atomic E-state index is 0.197. The maximum Gasteiger partial charge on any atom is 0.304 e. The van der Waals surface area contributed by atoms with Gasteiger partial charge in [-0.3, -0.25) is 9.59 Å². The third kappa shape index (κ3) is 4.11. The first-order valence-electron chi connectivity index (χ1n) is 6.60. The summed E-state index contributed by atoms with van der Waals surface area (Å²) in [6, 6.07) is 7.47. The molecular weight excluding hydrogens is 321 g/mol. The van der Waals surface area contributed by atoms with Crippen molar-refractivity contribution < 1.29 is 19.1 Å². The van der Waals surface area contributed by atoms with E-state index in [2.05, 4.69) is 10.3 Å². The van der Waals surface area contributed by atoms with Crippen LogP contribution in [0.1, 0.15) is 18.2 Å². The predicted octanol–water partition coefficient (Wildman–Crippen LogP) is 2.87. The molecule has 1 aromatic heterocycles. The number of nitriles is 1. The first-order valence-corrected chi connectivity index (χ1v) is 7.42. The predicted molar refractivity (Wildman–Crippen MR) is 82.3 cm³/mol. The van der Waals surface area contributed by atoms with Crippen molar-refractivity contribution in [2.45, 2.75) is 13.3 Å². The van der Waals surface area contributed by atoms with E-state index in [1.807, 2.05) is 6.07 Å². The lowest BCUT2D eigenvalue weighted by atomic mass is 10.1. The Balaban J connectivity index is 2.22. The average Bonchev–Trinajstić information content (AvgIpc) is 2.90. The van der Waals surface area contributed by atoms with Gasteiger partial charge in [0.15, 0.2) is 5.13 Å². The highest BCUT2D eigenvalue weighted by Gasteiger charge is 2.20. The standard InChI is InChI=1S/C15H12FN3O3S/c1-8(6-12(20)21)14(22)19-15-18-13(11(7-17)23-15)9-2-4-10(16)5-3-9/h2-5,8H,6H2,1H3,(H,20,21)(H,18,19,22). The number of nitrogens with zero attached hydrogens (tertiary/aromatic N) is 2. The second kappa shape index (κ2) is 6.98. The van der Waals surface area contributed by atoms with E-state index >= 15 is 0 Å². The van der Waals surface area contributed by atoms with Crippen molar-refractivity contribution in [3.8, 4) is 17.3 Å². The molecule has 1 atom stereocenters. The SMILES string of the molecule is CC(CC(=O)O)C(=O)Nc1nc(-c2ccc(F)cc2)c(C#N)s1. The van der Waals surface area contributed by atoms with Gasteiger partial charge in [-0.25, -0.2) is 9.37 Å². The van der Waals surface area contributed by atoms with Gasteiger partial charge in [0, 0.05) is 11.5 Å². The van der Waals surface area contributed by atoms with Gasteiger partial charge in [-0.15, -0.1) is 0 Å². The van der Waals surface area contributed by atoms with Crippen LogP contribution in [-0.2, 0) is 9.59 Å². The number of nitrogens with one attached hydrogen (secondary N) is 1. The van der Waals surface area contributed by atoms with Gasteiger partial charge in [-0.1, -0.05) is 18.3 Å². The van der Waals surface area contributed by atoms with Gasteiger partial charge in [0.25, 0.3) is 0 Å². The minimum atomic E-state index is -1.07. The van der Waals surface area contributed by atoms with Gasteiger partial charge < -0.3 is 10.4 Å². The number of aromatic nitrogens is 1. The highest BCUT2D eigenvalue weighted by atomic mass is 32.1. The van der Waals surface area contributed by atoms with Gasteiger partial charge in [0.05, 0.1) is 6.42 Å². The number of aliphatic carboxylic acids is 1. The van der Waals surface area contributed by atoms with Crippen LogP contribution in [0.2, 0.25) is 0 Å². The number of carbonyl (C=O) groups is 2. The quantitative estimate of drug-likeness (QED) is 0.875. The molecule has 118 valence electrons. The van der Waals surface area contributed by atoms with Gasteiger partial charge >= 0.3 is 5.97 Å². The van der Waals surface area contributed by atoms with Crippen molar-refractivity contribution in [1.29, 1.82) is 5.26 Å². The summed E-state index contributed by atoms with van der Waals surface area (Å²) >= 11 is 0.978. The molecule has 1 amide bonds. The lowest BCUT2D eigenvalue weighted by Crippen LogP contribution is -2.22. The number of hydrogen-bond acceptors (Lipinski definition) is 5. The Morgan fingerprint density at radius 2 is 2.09 bits per heavy atom. The van der Waals surface area contributed by atoms with E-state index < -0.39 is 23.6 Å². The van der Waals surface area contributed by atoms with Gasteiger partial charge in [-0.2, -0.15) is 5.26 Å². The molecule has 1 heterocycles. The normalized spacial score (nSPS) is 11.5. The Labute approximate surface area is 135 Å². The Kier molecular flexibility index (Phi) is 5.03. The molecule has 8 heteroatoms. The van der Waals surface area contributed by atoms with Crippen LogP contribution in [0.5, 0.6) is 0 Å². The topological polar surface area (TPSA) is 103 Å². The second-order valence-electron chi connectivity index (χ2n) is 4.80. The first-order chi connectivity index (χ1) is 10.9. The molecule has 0 bridgehead atoms. The molecule has 0 aliphatic carbocycles. The van der Waals surface area contributed by atoms with Crippen molar-refractivity contribution >= 4 is 28.3 Å². The Morgan fingerprint density at radius 3 is 2.65 bits per heavy atom. The molecule has 0 aliphatic rings. The van der Waals surface area contributed by atoms with Crippen LogP contribution in [0.4, 0.5) is 9.52 Å². The molecule has 0 saturated heterocycles. The molecule has 0 spiro atoms. The van der Waals surface area contributed by atoms with E-state index in [0.29, 0.717) is 11.3 Å². The monoisotopic (exact) mass is 333 g/mol. The average molecular weight is 333 g/mol. The molecule has 2 aromatic rings. The van der Waals surface area contributed by atoms with E-state index in [0.717, 1.165) is 11.3 Å². The van der Waals surface area contributed by atoms with Crippen molar-refractivity contribution in [2.24, 2.45) is 5.92 Å². The highest BCUT2D eigenvalue weighted by molar-refractivity contribution is 7.16. The lowest BCUT2D eigenvalue weighted by molar-refractivity contribution is -0.139. The van der Waals surface area contributed by atoms with Crippen LogP contribution in [0.15, 0.2) is 24.3 Å².